The maximum absolute atomic E-state index is 10.0. The number of rotatable bonds is 2. The summed E-state index contributed by atoms with van der Waals surface area (Å²) in [6, 6.07) is -0.836. The topological polar surface area (TPSA) is 63.3 Å². The molecular formula is C6H9NO2. The number of hydrogen-bond donors (Lipinski definition) is 2. The maximum Gasteiger partial charge on any atom is 0.321 e. The van der Waals surface area contributed by atoms with Gasteiger partial charge in [-0.3, -0.25) is 4.79 Å². The minimum Gasteiger partial charge on any atom is -0.480 e. The van der Waals surface area contributed by atoms with Crippen LogP contribution in [0.5, 0.6) is 0 Å². The van der Waals surface area contributed by atoms with Crippen molar-refractivity contribution in [2.45, 2.75) is 19.4 Å². The van der Waals surface area contributed by atoms with Crippen molar-refractivity contribution < 1.29 is 9.90 Å². The summed E-state index contributed by atoms with van der Waals surface area (Å²) in [7, 11) is 0. The van der Waals surface area contributed by atoms with E-state index in [9.17, 15) is 4.79 Å². The Hall–Kier alpha value is -1.01. The molecule has 0 saturated carbocycles. The molecule has 1 atom stereocenters. The zero-order valence-electron chi connectivity index (χ0n) is 5.22. The smallest absolute Gasteiger partial charge is 0.321 e. The van der Waals surface area contributed by atoms with Crippen LogP contribution < -0.4 is 5.73 Å². The third kappa shape index (κ3) is 3.56. The predicted molar refractivity (Wildman–Crippen MR) is 33.7 cm³/mol. The summed E-state index contributed by atoms with van der Waals surface area (Å²) in [6.07, 6.45) is 0.228. The number of carboxylic acids is 1. The van der Waals surface area contributed by atoms with Crippen LogP contribution in [0, 0.1) is 11.8 Å². The van der Waals surface area contributed by atoms with Gasteiger partial charge in [0.2, 0.25) is 0 Å². The SMILES string of the molecule is CC#CCC(N)C(=O)O. The zero-order chi connectivity index (χ0) is 7.28. The average Bonchev–Trinajstić information content (AvgIpc) is 1.82. The van der Waals surface area contributed by atoms with Gasteiger partial charge in [-0.1, -0.05) is 0 Å². The third-order valence-electron chi connectivity index (χ3n) is 0.816. The van der Waals surface area contributed by atoms with E-state index in [1.54, 1.807) is 6.92 Å². The lowest BCUT2D eigenvalue weighted by Gasteiger charge is -1.97. The first-order chi connectivity index (χ1) is 4.18. The van der Waals surface area contributed by atoms with Crippen LogP contribution >= 0.6 is 0 Å². The Bertz CT molecular complexity index is 154. The molecule has 3 nitrogen and oxygen atoms in total. The van der Waals surface area contributed by atoms with E-state index >= 15 is 0 Å². The third-order valence-corrected chi connectivity index (χ3v) is 0.816. The van der Waals surface area contributed by atoms with Crippen LogP contribution in [0.2, 0.25) is 0 Å². The lowest BCUT2D eigenvalue weighted by Crippen LogP contribution is -2.29. The Morgan fingerprint density at radius 3 is 2.78 bits per heavy atom. The van der Waals surface area contributed by atoms with E-state index in [1.807, 2.05) is 0 Å². The van der Waals surface area contributed by atoms with E-state index in [0.717, 1.165) is 0 Å². The van der Waals surface area contributed by atoms with Crippen molar-refractivity contribution in [3.05, 3.63) is 0 Å². The normalized spacial score (nSPS) is 11.3. The summed E-state index contributed by atoms with van der Waals surface area (Å²) >= 11 is 0. The van der Waals surface area contributed by atoms with Crippen molar-refractivity contribution in [3.63, 3.8) is 0 Å². The van der Waals surface area contributed by atoms with E-state index < -0.39 is 12.0 Å². The van der Waals surface area contributed by atoms with Gasteiger partial charge in [-0.2, -0.15) is 0 Å². The number of carbonyl (C=O) groups is 1. The van der Waals surface area contributed by atoms with Crippen molar-refractivity contribution >= 4 is 5.97 Å². The molecule has 0 spiro atoms. The largest absolute Gasteiger partial charge is 0.480 e. The number of hydrogen-bond acceptors (Lipinski definition) is 2. The average molecular weight is 127 g/mol. The fraction of sp³-hybridized carbons (Fsp3) is 0.500. The molecule has 0 radical (unpaired) electrons. The Balaban J connectivity index is 3.59. The summed E-state index contributed by atoms with van der Waals surface area (Å²) in [5, 5.41) is 8.22. The quantitative estimate of drug-likeness (QED) is 0.505. The molecule has 1 unspecified atom stereocenters. The Morgan fingerprint density at radius 1 is 1.89 bits per heavy atom. The fourth-order valence-corrected chi connectivity index (χ4v) is 0.299. The molecule has 0 aromatic rings. The van der Waals surface area contributed by atoms with E-state index in [-0.39, 0.29) is 6.42 Å². The van der Waals surface area contributed by atoms with Gasteiger partial charge in [0.15, 0.2) is 0 Å². The van der Waals surface area contributed by atoms with Gasteiger partial charge in [0, 0.05) is 6.42 Å². The first-order valence-electron chi connectivity index (χ1n) is 2.56. The molecular weight excluding hydrogens is 118 g/mol. The molecule has 0 aromatic carbocycles. The zero-order valence-corrected chi connectivity index (χ0v) is 5.22. The minimum absolute atomic E-state index is 0.228. The van der Waals surface area contributed by atoms with Crippen molar-refractivity contribution in [2.24, 2.45) is 5.73 Å². The summed E-state index contributed by atoms with van der Waals surface area (Å²) < 4.78 is 0. The number of aliphatic carboxylic acids is 1. The Labute approximate surface area is 53.9 Å². The molecule has 0 bridgehead atoms. The lowest BCUT2D eigenvalue weighted by molar-refractivity contribution is -0.138. The van der Waals surface area contributed by atoms with Gasteiger partial charge in [0.05, 0.1) is 0 Å². The van der Waals surface area contributed by atoms with Crippen LogP contribution in [0.1, 0.15) is 13.3 Å². The van der Waals surface area contributed by atoms with Gasteiger partial charge in [0.1, 0.15) is 6.04 Å². The second-order valence-electron chi connectivity index (χ2n) is 1.58. The molecule has 0 fully saturated rings. The standard InChI is InChI=1S/C6H9NO2/c1-2-3-4-5(7)6(8)9/h5H,4,7H2,1H3,(H,8,9). The van der Waals surface area contributed by atoms with Gasteiger partial charge < -0.3 is 10.8 Å². The molecule has 0 aliphatic rings. The van der Waals surface area contributed by atoms with Gasteiger partial charge in [-0.15, -0.1) is 11.8 Å². The van der Waals surface area contributed by atoms with Crippen LogP contribution in [0.15, 0.2) is 0 Å². The second-order valence-corrected chi connectivity index (χ2v) is 1.58. The molecule has 0 rings (SSSR count). The molecule has 0 saturated heterocycles. The van der Waals surface area contributed by atoms with Crippen molar-refractivity contribution in [2.75, 3.05) is 0 Å². The summed E-state index contributed by atoms with van der Waals surface area (Å²) in [5.41, 5.74) is 5.10. The molecule has 0 aliphatic carbocycles. The first kappa shape index (κ1) is 7.99. The molecule has 0 heterocycles. The van der Waals surface area contributed by atoms with Gasteiger partial charge in [-0.25, -0.2) is 0 Å². The highest BCUT2D eigenvalue weighted by molar-refractivity contribution is 5.73. The molecule has 0 aromatic heterocycles. The van der Waals surface area contributed by atoms with Crippen LogP contribution in [-0.2, 0) is 4.79 Å². The van der Waals surface area contributed by atoms with E-state index in [2.05, 4.69) is 11.8 Å². The molecule has 0 aliphatic heterocycles. The summed E-state index contributed by atoms with van der Waals surface area (Å²) in [4.78, 5) is 10.0. The number of carboxylic acid groups (broad SMARTS) is 1. The molecule has 3 heteroatoms. The fourth-order valence-electron chi connectivity index (χ4n) is 0.299. The number of nitrogens with two attached hydrogens (primary N) is 1. The van der Waals surface area contributed by atoms with Gasteiger partial charge >= 0.3 is 5.97 Å². The highest BCUT2D eigenvalue weighted by Crippen LogP contribution is 1.83. The summed E-state index contributed by atoms with van der Waals surface area (Å²) in [5.74, 6) is 4.13. The summed E-state index contributed by atoms with van der Waals surface area (Å²) in [6.45, 7) is 1.65. The highest BCUT2D eigenvalue weighted by Gasteiger charge is 2.07. The molecule has 50 valence electrons. The van der Waals surface area contributed by atoms with Crippen LogP contribution in [0.3, 0.4) is 0 Å². The predicted octanol–water partition coefficient (Wildman–Crippen LogP) is -0.188. The van der Waals surface area contributed by atoms with Crippen molar-refractivity contribution in [1.82, 2.24) is 0 Å². The van der Waals surface area contributed by atoms with Gasteiger partial charge in [-0.05, 0) is 6.92 Å². The second kappa shape index (κ2) is 3.93. The van der Waals surface area contributed by atoms with Gasteiger partial charge in [0.25, 0.3) is 0 Å². The first-order valence-corrected chi connectivity index (χ1v) is 2.56. The molecule has 3 N–H and O–H groups in total. The van der Waals surface area contributed by atoms with Crippen LogP contribution in [-0.4, -0.2) is 17.1 Å². The van der Waals surface area contributed by atoms with Crippen LogP contribution in [0.25, 0.3) is 0 Å². The molecule has 9 heavy (non-hydrogen) atoms. The van der Waals surface area contributed by atoms with E-state index in [4.69, 9.17) is 10.8 Å². The molecule has 0 amide bonds. The Morgan fingerprint density at radius 2 is 2.44 bits per heavy atom. The van der Waals surface area contributed by atoms with E-state index in [1.165, 1.54) is 0 Å². The monoisotopic (exact) mass is 127 g/mol. The minimum atomic E-state index is -1.00. The van der Waals surface area contributed by atoms with Crippen molar-refractivity contribution in [3.8, 4) is 11.8 Å². The highest BCUT2D eigenvalue weighted by atomic mass is 16.4. The maximum atomic E-state index is 10.0. The van der Waals surface area contributed by atoms with Crippen LogP contribution in [0.4, 0.5) is 0 Å². The Kier molecular flexibility index (Phi) is 3.49. The van der Waals surface area contributed by atoms with E-state index in [0.29, 0.717) is 0 Å². The van der Waals surface area contributed by atoms with Crippen molar-refractivity contribution in [1.29, 1.82) is 0 Å². The lowest BCUT2D eigenvalue weighted by atomic mass is 10.2.